The molecule has 0 radical (unpaired) electrons. The molecule has 62 heavy (non-hydrogen) atoms. The number of ether oxygens (including phenoxy) is 4. The minimum Gasteiger partial charge on any atom is -0.481 e. The number of carbonyl (C=O) groups excluding carboxylic acids is 4. The van der Waals surface area contributed by atoms with E-state index in [2.05, 4.69) is 21.3 Å². The van der Waals surface area contributed by atoms with Crippen LogP contribution in [0.4, 0.5) is 16.2 Å². The highest BCUT2D eigenvalue weighted by atomic mass is 16.6. The highest BCUT2D eigenvalue weighted by Crippen LogP contribution is 2.36. The topological polar surface area (TPSA) is 286 Å². The summed E-state index contributed by atoms with van der Waals surface area (Å²) in [5.41, 5.74) is 11.9. The number of carbonyl (C=O) groups is 6. The van der Waals surface area contributed by atoms with Gasteiger partial charge in [-0.3, -0.25) is 19.2 Å². The van der Waals surface area contributed by atoms with Crippen molar-refractivity contribution in [1.82, 2.24) is 21.0 Å². The van der Waals surface area contributed by atoms with Crippen LogP contribution < -0.4 is 37.7 Å². The Morgan fingerprint density at radius 2 is 1.40 bits per heavy atom. The third-order valence-electron chi connectivity index (χ3n) is 9.25. The molecule has 3 aromatic rings. The summed E-state index contributed by atoms with van der Waals surface area (Å²) in [5.74, 6) is 3.41. The van der Waals surface area contributed by atoms with Gasteiger partial charge in [-0.15, -0.1) is 0 Å². The zero-order chi connectivity index (χ0) is 44.7. The van der Waals surface area contributed by atoms with Crippen LogP contribution in [0.15, 0.2) is 72.8 Å². The van der Waals surface area contributed by atoms with Crippen LogP contribution in [-0.2, 0) is 56.0 Å². The molecule has 20 heteroatoms. The van der Waals surface area contributed by atoms with Gasteiger partial charge < -0.3 is 66.1 Å². The lowest BCUT2D eigenvalue weighted by Gasteiger charge is -2.33. The van der Waals surface area contributed by atoms with Crippen molar-refractivity contribution in [2.45, 2.75) is 38.4 Å². The smallest absolute Gasteiger partial charge is 0.326 e. The van der Waals surface area contributed by atoms with Crippen LogP contribution in [0.2, 0.25) is 0 Å². The zero-order valence-corrected chi connectivity index (χ0v) is 34.2. The lowest BCUT2D eigenvalue weighted by Crippen LogP contribution is -2.44. The Morgan fingerprint density at radius 1 is 0.790 bits per heavy atom. The number of para-hydroxylation sites is 1. The van der Waals surface area contributed by atoms with Crippen LogP contribution in [-0.4, -0.2) is 123 Å². The molecule has 1 aliphatic heterocycles. The van der Waals surface area contributed by atoms with Crippen LogP contribution in [0.3, 0.4) is 0 Å². The molecule has 0 fully saturated rings. The van der Waals surface area contributed by atoms with Gasteiger partial charge in [-0.05, 0) is 29.3 Å². The first-order valence-electron chi connectivity index (χ1n) is 19.8. The second-order valence-corrected chi connectivity index (χ2v) is 13.7. The monoisotopic (exact) mass is 862 g/mol. The minimum absolute atomic E-state index is 0.126. The quantitative estimate of drug-likeness (QED) is 0.0233. The van der Waals surface area contributed by atoms with Gasteiger partial charge in [0.25, 0.3) is 0 Å². The molecule has 4 rings (SSSR count). The molecular formula is C42H54N8O12. The molecule has 0 aliphatic carbocycles. The zero-order valence-electron chi connectivity index (χ0n) is 34.2. The van der Waals surface area contributed by atoms with E-state index in [-0.39, 0.29) is 50.9 Å². The summed E-state index contributed by atoms with van der Waals surface area (Å²) in [6.07, 6.45) is 0.0693. The highest BCUT2D eigenvalue weighted by Gasteiger charge is 2.28. The van der Waals surface area contributed by atoms with E-state index in [1.807, 2.05) is 48.5 Å². The third kappa shape index (κ3) is 15.8. The number of nitrogens with zero attached hydrogens (tertiary/aromatic N) is 2. The standard InChI is InChI=1S/C42H54N8O12/c43-39-33-7-3-4-8-35(33)49(37(53)13-15-45-28-51)27-30-5-1-2-6-32(30)40(39)50(44)16-18-60-20-22-62-24-23-61-21-19-59-17-14-36(52)46-26-29-9-11-31(12-10-29)47-42(58)48-34(41(56)57)25-38(54)55/h1-12,28,34H,13-27,43-44H2,(H,45,51)(H,46,52)(H,54,55)(H,56,57)(H2,47,48,58)/b40-39-. The number of benzene rings is 3. The van der Waals surface area contributed by atoms with Crippen molar-refractivity contribution < 1.29 is 57.9 Å². The van der Waals surface area contributed by atoms with Gasteiger partial charge in [0.1, 0.15) is 6.04 Å². The van der Waals surface area contributed by atoms with E-state index in [9.17, 15) is 28.8 Å². The molecule has 0 spiro atoms. The number of hydrogen-bond donors (Lipinski definition) is 8. The largest absolute Gasteiger partial charge is 0.481 e. The molecule has 20 nitrogen and oxygen atoms in total. The van der Waals surface area contributed by atoms with Crippen LogP contribution in [0.5, 0.6) is 0 Å². The lowest BCUT2D eigenvalue weighted by molar-refractivity contribution is -0.145. The van der Waals surface area contributed by atoms with Crippen LogP contribution in [0, 0.1) is 0 Å². The number of aliphatic carboxylic acids is 2. The van der Waals surface area contributed by atoms with Crippen molar-refractivity contribution in [3.8, 4) is 0 Å². The normalized spacial score (nSPS) is 13.7. The third-order valence-corrected chi connectivity index (χ3v) is 9.25. The number of nitrogens with two attached hydrogens (primary N) is 2. The Hall–Kier alpha value is -6.58. The number of carboxylic acids is 2. The number of rotatable bonds is 27. The Labute approximate surface area is 358 Å². The van der Waals surface area contributed by atoms with Crippen molar-refractivity contribution in [1.29, 1.82) is 0 Å². The average Bonchev–Trinajstić information content (AvgIpc) is 3.25. The summed E-state index contributed by atoms with van der Waals surface area (Å²) in [6, 6.07) is 19.0. The summed E-state index contributed by atoms with van der Waals surface area (Å²) >= 11 is 0. The predicted molar refractivity (Wildman–Crippen MR) is 227 cm³/mol. The maximum atomic E-state index is 13.3. The maximum absolute atomic E-state index is 13.3. The van der Waals surface area contributed by atoms with Crippen LogP contribution in [0.1, 0.15) is 41.5 Å². The van der Waals surface area contributed by atoms with Crippen molar-refractivity contribution >= 4 is 59.0 Å². The van der Waals surface area contributed by atoms with Gasteiger partial charge in [0, 0.05) is 42.7 Å². The molecule has 1 heterocycles. The number of amides is 5. The van der Waals surface area contributed by atoms with Crippen LogP contribution >= 0.6 is 0 Å². The summed E-state index contributed by atoms with van der Waals surface area (Å²) in [7, 11) is 0. The van der Waals surface area contributed by atoms with Crippen molar-refractivity contribution in [2.75, 3.05) is 76.2 Å². The van der Waals surface area contributed by atoms with E-state index in [1.54, 1.807) is 34.2 Å². The molecular weight excluding hydrogens is 809 g/mol. The van der Waals surface area contributed by atoms with E-state index < -0.39 is 30.4 Å². The Bertz CT molecular complexity index is 2000. The van der Waals surface area contributed by atoms with E-state index >= 15 is 0 Å². The van der Waals surface area contributed by atoms with E-state index in [4.69, 9.17) is 40.7 Å². The Kier molecular flexibility index (Phi) is 20.1. The van der Waals surface area contributed by atoms with Gasteiger partial charge in [0.2, 0.25) is 18.2 Å². The first-order chi connectivity index (χ1) is 30.0. The molecule has 0 aromatic heterocycles. The van der Waals surface area contributed by atoms with Gasteiger partial charge in [-0.2, -0.15) is 0 Å². The van der Waals surface area contributed by atoms with E-state index in [1.165, 1.54) is 0 Å². The molecule has 1 unspecified atom stereocenters. The highest BCUT2D eigenvalue weighted by molar-refractivity contribution is 6.01. The maximum Gasteiger partial charge on any atom is 0.326 e. The summed E-state index contributed by atoms with van der Waals surface area (Å²) in [6.45, 7) is 3.56. The molecule has 334 valence electrons. The number of urea groups is 1. The molecule has 0 saturated carbocycles. The SMILES string of the molecule is N/C1=C(\N(N)CCOCCOCCOCCOCCC(=O)NCc2ccc(NC(=O)NC(CC(=O)O)C(=O)O)cc2)c2ccccc2CN(C(=O)CCNC=O)c2ccccc21. The summed E-state index contributed by atoms with van der Waals surface area (Å²) < 4.78 is 22.4. The fourth-order valence-corrected chi connectivity index (χ4v) is 6.16. The first kappa shape index (κ1) is 48.1. The summed E-state index contributed by atoms with van der Waals surface area (Å²) in [5, 5.41) is 29.2. The average molecular weight is 863 g/mol. The Morgan fingerprint density at radius 3 is 2.05 bits per heavy atom. The van der Waals surface area contributed by atoms with E-state index in [0.717, 1.165) is 16.7 Å². The van der Waals surface area contributed by atoms with E-state index in [0.29, 0.717) is 87.5 Å². The first-order valence-corrected chi connectivity index (χ1v) is 19.8. The van der Waals surface area contributed by atoms with Gasteiger partial charge in [0.05, 0.1) is 89.4 Å². The second kappa shape index (κ2) is 25.9. The Balaban J connectivity index is 1.06. The second-order valence-electron chi connectivity index (χ2n) is 13.7. The minimum atomic E-state index is -1.58. The van der Waals surface area contributed by atoms with Gasteiger partial charge in [0.15, 0.2) is 0 Å². The molecule has 1 aliphatic rings. The number of hydrazine groups is 1. The predicted octanol–water partition coefficient (Wildman–Crippen LogP) is 1.45. The summed E-state index contributed by atoms with van der Waals surface area (Å²) in [4.78, 5) is 71.9. The molecule has 10 N–H and O–H groups in total. The lowest BCUT2D eigenvalue weighted by atomic mass is 9.95. The fraction of sp³-hybridized carbons (Fsp3) is 0.381. The van der Waals surface area contributed by atoms with Gasteiger partial charge in [-0.1, -0.05) is 54.6 Å². The van der Waals surface area contributed by atoms with Gasteiger partial charge in [-0.25, -0.2) is 15.4 Å². The number of hydrogen-bond acceptors (Lipinski definition) is 13. The number of anilines is 2. The van der Waals surface area contributed by atoms with Crippen molar-refractivity contribution in [3.05, 3.63) is 95.1 Å². The molecule has 3 aromatic carbocycles. The van der Waals surface area contributed by atoms with Crippen LogP contribution in [0.25, 0.3) is 11.4 Å². The molecule has 1 atom stereocenters. The fourth-order valence-electron chi connectivity index (χ4n) is 6.16. The van der Waals surface area contributed by atoms with Crippen molar-refractivity contribution in [2.24, 2.45) is 11.6 Å². The van der Waals surface area contributed by atoms with Crippen molar-refractivity contribution in [3.63, 3.8) is 0 Å². The van der Waals surface area contributed by atoms with Gasteiger partial charge >= 0.3 is 18.0 Å². The molecule has 0 saturated heterocycles. The molecule has 5 amide bonds. The number of nitrogens with one attached hydrogen (secondary N) is 4. The number of carboxylic acid groups (broad SMARTS) is 2. The molecule has 0 bridgehead atoms. The number of fused-ring (bicyclic) bond motifs is 2.